The molecule has 20 heteroatoms. The number of amides is 9. The summed E-state index contributed by atoms with van der Waals surface area (Å²) < 4.78 is 17.8. The Labute approximate surface area is 458 Å². The van der Waals surface area contributed by atoms with E-state index < -0.39 is 119 Å². The number of rotatable bonds is 24. The smallest absolute Gasteiger partial charge is 0.329 e. The van der Waals surface area contributed by atoms with Crippen LogP contribution in [0.1, 0.15) is 111 Å². The molecule has 9 atom stereocenters. The Hall–Kier alpha value is -7.06. The van der Waals surface area contributed by atoms with Crippen molar-refractivity contribution in [3.8, 4) is 0 Å². The maximum Gasteiger partial charge on any atom is 0.329 e. The summed E-state index contributed by atoms with van der Waals surface area (Å²) in [6.45, 7) is 18.3. The minimum atomic E-state index is -1.16. The van der Waals surface area contributed by atoms with Crippen LogP contribution < -0.4 is 20.4 Å². The molecule has 0 saturated carbocycles. The van der Waals surface area contributed by atoms with E-state index in [0.717, 1.165) is 39.7 Å². The van der Waals surface area contributed by atoms with Crippen LogP contribution in [0.2, 0.25) is 0 Å². The Morgan fingerprint density at radius 1 is 0.731 bits per heavy atom. The third kappa shape index (κ3) is 14.3. The van der Waals surface area contributed by atoms with E-state index in [1.165, 1.54) is 49.3 Å². The van der Waals surface area contributed by atoms with Crippen molar-refractivity contribution >= 4 is 70.5 Å². The van der Waals surface area contributed by atoms with E-state index >= 15 is 0 Å². The number of anilines is 2. The minimum absolute atomic E-state index is 0.0667. The summed E-state index contributed by atoms with van der Waals surface area (Å²) >= 11 is 0. The first-order valence-corrected chi connectivity index (χ1v) is 26.7. The first kappa shape index (κ1) is 61.8. The van der Waals surface area contributed by atoms with Gasteiger partial charge in [-0.3, -0.25) is 43.2 Å². The van der Waals surface area contributed by atoms with Gasteiger partial charge in [-0.2, -0.15) is 0 Å². The molecule has 0 bridgehead atoms. The van der Waals surface area contributed by atoms with Gasteiger partial charge in [-0.05, 0) is 75.1 Å². The van der Waals surface area contributed by atoms with Crippen LogP contribution in [0.5, 0.6) is 0 Å². The van der Waals surface area contributed by atoms with Crippen LogP contribution in [0.3, 0.4) is 0 Å². The van der Waals surface area contributed by atoms with Gasteiger partial charge < -0.3 is 39.5 Å². The molecule has 1 saturated heterocycles. The molecule has 0 spiro atoms. The average Bonchev–Trinajstić information content (AvgIpc) is 4.14. The highest BCUT2D eigenvalue weighted by Gasteiger charge is 2.45. The molecule has 3 aliphatic heterocycles. The highest BCUT2D eigenvalue weighted by Crippen LogP contribution is 2.36. The van der Waals surface area contributed by atoms with Gasteiger partial charge in [0, 0.05) is 71.1 Å². The number of nitrogens with one attached hydrogen (secondary N) is 2. The summed E-state index contributed by atoms with van der Waals surface area (Å²) in [5.74, 6) is -7.98. The molecule has 5 rings (SSSR count). The summed E-state index contributed by atoms with van der Waals surface area (Å²) in [4.78, 5) is 143. The van der Waals surface area contributed by atoms with Crippen LogP contribution in [-0.2, 0) is 63.8 Å². The third-order valence-electron chi connectivity index (χ3n) is 14.7. The molecule has 78 heavy (non-hydrogen) atoms. The van der Waals surface area contributed by atoms with Crippen LogP contribution in [0.15, 0.2) is 72.8 Å². The van der Waals surface area contributed by atoms with Crippen LogP contribution in [0, 0.1) is 23.7 Å². The van der Waals surface area contributed by atoms with E-state index in [1.54, 1.807) is 67.3 Å². The van der Waals surface area contributed by atoms with Crippen molar-refractivity contribution < 1.29 is 62.2 Å². The number of likely N-dealkylation sites (tertiary alicyclic amines) is 1. The maximum atomic E-state index is 14.8. The first-order chi connectivity index (χ1) is 36.7. The lowest BCUT2D eigenvalue weighted by atomic mass is 9.89. The summed E-state index contributed by atoms with van der Waals surface area (Å²) in [6, 6.07) is 8.70. The van der Waals surface area contributed by atoms with E-state index in [0.29, 0.717) is 25.8 Å². The first-order valence-electron chi connectivity index (χ1n) is 26.7. The number of carbonyl (C=O) groups excluding carboxylic acids is 10. The molecule has 0 radical (unpaired) electrons. The van der Waals surface area contributed by atoms with Gasteiger partial charge in [0.1, 0.15) is 23.7 Å². The molecule has 0 aromatic heterocycles. The molecule has 2 aromatic rings. The predicted molar refractivity (Wildman–Crippen MR) is 291 cm³/mol. The van der Waals surface area contributed by atoms with E-state index in [-0.39, 0.29) is 41.6 Å². The molecule has 20 nitrogen and oxygen atoms in total. The van der Waals surface area contributed by atoms with Gasteiger partial charge >= 0.3 is 5.97 Å². The second kappa shape index (κ2) is 26.5. The Balaban J connectivity index is 1.33. The summed E-state index contributed by atoms with van der Waals surface area (Å²) in [5.41, 5.74) is -0.320. The predicted octanol–water partition coefficient (Wildman–Crippen LogP) is 4.77. The number of esters is 1. The number of benzene rings is 2. The fourth-order valence-electron chi connectivity index (χ4n) is 10.6. The number of ether oxygens (including phenoxy) is 3. The monoisotopic (exact) mass is 1080 g/mol. The average molecular weight is 1080 g/mol. The number of methoxy groups -OCH3 is 2. The maximum absolute atomic E-state index is 14.8. The molecule has 2 N–H and O–H groups in total. The lowest BCUT2D eigenvalue weighted by Crippen LogP contribution is -2.60. The lowest BCUT2D eigenvalue weighted by Gasteiger charge is -2.41. The summed E-state index contributed by atoms with van der Waals surface area (Å²) in [6.07, 6.45) is 4.43. The lowest BCUT2D eigenvalue weighted by molar-refractivity contribution is -0.159. The SMILES string of the molecule is CCC(C)C(C(CC(=O)N1CCC[C@H]1C(OC)C(C)C(=O)NC(Cc1ccccc1)C(=O)OC(C)(C)C)OC)N(C)C(=O)C(NC(=O)[C@H](C(C)C)N(C)C(=O)c1ccc(N2C(=O)C=CC2=O)c(N2C(=O)C=CC2=O)c1)C(C)C. The molecule has 2 aromatic carbocycles. The molecule has 3 aliphatic rings. The van der Waals surface area contributed by atoms with Gasteiger partial charge in [-0.15, -0.1) is 0 Å². The van der Waals surface area contributed by atoms with Gasteiger partial charge in [0.15, 0.2) is 0 Å². The van der Waals surface area contributed by atoms with E-state index in [9.17, 15) is 47.9 Å². The molecular weight excluding hydrogens is 1000 g/mol. The zero-order valence-electron chi connectivity index (χ0n) is 47.6. The molecule has 7 unspecified atom stereocenters. The van der Waals surface area contributed by atoms with Crippen LogP contribution in [-0.4, -0.2) is 157 Å². The van der Waals surface area contributed by atoms with Crippen LogP contribution in [0.4, 0.5) is 11.4 Å². The number of nitrogens with zero attached hydrogens (tertiary/aromatic N) is 5. The molecule has 424 valence electrons. The summed E-state index contributed by atoms with van der Waals surface area (Å²) in [5, 5.41) is 5.83. The van der Waals surface area contributed by atoms with Gasteiger partial charge in [-0.25, -0.2) is 14.6 Å². The van der Waals surface area contributed by atoms with Gasteiger partial charge in [0.2, 0.25) is 23.6 Å². The number of hydrogen-bond acceptors (Lipinski definition) is 13. The zero-order valence-corrected chi connectivity index (χ0v) is 47.6. The molecule has 1 fully saturated rings. The van der Waals surface area contributed by atoms with Crippen molar-refractivity contribution in [2.75, 3.05) is 44.7 Å². The van der Waals surface area contributed by atoms with Crippen molar-refractivity contribution in [2.24, 2.45) is 23.7 Å². The second-order valence-electron chi connectivity index (χ2n) is 22.1. The van der Waals surface area contributed by atoms with E-state index in [4.69, 9.17) is 14.2 Å². The normalized spacial score (nSPS) is 18.7. The Kier molecular flexibility index (Phi) is 21.0. The quantitative estimate of drug-likeness (QED) is 0.107. The Bertz CT molecular complexity index is 2610. The van der Waals surface area contributed by atoms with Gasteiger partial charge in [0.25, 0.3) is 29.5 Å². The number of likely N-dealkylation sites (N-methyl/N-ethyl adjacent to an activating group) is 2. The van der Waals surface area contributed by atoms with Crippen molar-refractivity contribution in [1.29, 1.82) is 0 Å². The summed E-state index contributed by atoms with van der Waals surface area (Å²) in [7, 11) is 5.99. The van der Waals surface area contributed by atoms with E-state index in [1.807, 2.05) is 44.2 Å². The van der Waals surface area contributed by atoms with Gasteiger partial charge in [0.05, 0.1) is 48.0 Å². The van der Waals surface area contributed by atoms with Crippen molar-refractivity contribution in [3.63, 3.8) is 0 Å². The van der Waals surface area contributed by atoms with Crippen LogP contribution in [0.25, 0.3) is 0 Å². The number of imide groups is 2. The number of hydrogen-bond donors (Lipinski definition) is 2. The third-order valence-corrected chi connectivity index (χ3v) is 14.7. The highest BCUT2D eigenvalue weighted by atomic mass is 16.6. The standard InChI is InChI=1S/C58H79N7O13/c1-15-35(6)51(43(76-13)32-48(70)63-29-19-22-41(63)52(77-14)36(7)53(71)59-39(57(75)78-58(8,9)10)30-37-20-17-16-18-21-37)62(12)56(74)49(33(2)3)60-54(72)50(34(4)5)61(11)55(73)38-23-24-40(64-44(66)25-26-45(64)67)42(31-38)65-46(68)27-28-47(65)69/h16-18,20-21,23-28,31,33-36,39,41,43,49-52H,15,19,22,29-30,32H2,1-14H3,(H,59,71)(H,60,72)/t35?,36?,39?,41-,43?,49?,50-,51?,52?/m0/s1. The van der Waals surface area contributed by atoms with Crippen molar-refractivity contribution in [3.05, 3.63) is 84.0 Å². The minimum Gasteiger partial charge on any atom is -0.458 e. The topological polar surface area (TPSA) is 239 Å². The molecule has 9 amide bonds. The van der Waals surface area contributed by atoms with Gasteiger partial charge in [-0.1, -0.05) is 85.2 Å². The van der Waals surface area contributed by atoms with E-state index in [2.05, 4.69) is 10.6 Å². The van der Waals surface area contributed by atoms with Crippen LogP contribution >= 0.6 is 0 Å². The second-order valence-corrected chi connectivity index (χ2v) is 22.1. The Morgan fingerprint density at radius 2 is 1.31 bits per heavy atom. The molecular formula is C58H79N7O13. The fourth-order valence-corrected chi connectivity index (χ4v) is 10.6. The van der Waals surface area contributed by atoms with Crippen molar-refractivity contribution in [2.45, 2.75) is 149 Å². The molecule has 3 heterocycles. The zero-order chi connectivity index (χ0) is 58.1. The molecule has 0 aliphatic carbocycles. The van der Waals surface area contributed by atoms with Crippen molar-refractivity contribution in [1.82, 2.24) is 25.3 Å². The highest BCUT2D eigenvalue weighted by molar-refractivity contribution is 6.33. The largest absolute Gasteiger partial charge is 0.458 e. The fraction of sp³-hybridized carbons (Fsp3) is 0.552. The Morgan fingerprint density at radius 3 is 1.82 bits per heavy atom. The number of carbonyl (C=O) groups is 10.